The Morgan fingerprint density at radius 3 is 2.61 bits per heavy atom. The molecule has 1 saturated heterocycles. The van der Waals surface area contributed by atoms with Gasteiger partial charge in [-0.05, 0) is 65.4 Å². The van der Waals surface area contributed by atoms with Gasteiger partial charge in [0.25, 0.3) is 0 Å². The molecule has 41 heavy (non-hydrogen) atoms. The van der Waals surface area contributed by atoms with Gasteiger partial charge in [-0.3, -0.25) is 4.79 Å². The number of ether oxygens (including phenoxy) is 3. The lowest BCUT2D eigenvalue weighted by atomic mass is 9.72. The van der Waals surface area contributed by atoms with Crippen LogP contribution >= 0.6 is 0 Å². The van der Waals surface area contributed by atoms with Gasteiger partial charge in [-0.25, -0.2) is 0 Å². The van der Waals surface area contributed by atoms with Gasteiger partial charge in [-0.1, -0.05) is 0 Å². The Morgan fingerprint density at radius 1 is 1.22 bits per heavy atom. The summed E-state index contributed by atoms with van der Waals surface area (Å²) in [6, 6.07) is -2.78. The normalized spacial score (nSPS) is 40.4. The van der Waals surface area contributed by atoms with E-state index in [4.69, 9.17) is 37.1 Å². The van der Waals surface area contributed by atoms with Crippen molar-refractivity contribution in [3.63, 3.8) is 0 Å². The maximum Gasteiger partial charge on any atom is 0.249 e. The molecule has 12 atom stereocenters. The number of carbonyl (C=O) groups is 1. The maximum absolute atomic E-state index is 12.7. The standard InChI is InChI=1S/C26H51N7O8/c1-26(38)12-39-25(20(36)23(26)31-2)41-22-16(33-24(37)17(34)6-8-28)10-15(30)18(19(22)35)21-14(29)5-4-13(40-21)11-32-9-3-7-27/h4,14-23,25,31-32,34-36,38H,3,5-12,27-30H2,1-2H3,(H,33,37)/t14-,15+,16-,17+,18?,19+,20-,21+,22+,23-,25-,26+/m1/s1. The largest absolute Gasteiger partial charge is 0.492 e. The molecule has 238 valence electrons. The molecular weight excluding hydrogens is 538 g/mol. The molecule has 3 aliphatic rings. The van der Waals surface area contributed by atoms with E-state index in [1.807, 2.05) is 6.08 Å². The van der Waals surface area contributed by atoms with E-state index in [1.165, 1.54) is 6.92 Å². The fourth-order valence-corrected chi connectivity index (χ4v) is 5.97. The van der Waals surface area contributed by atoms with Gasteiger partial charge in [0.15, 0.2) is 6.29 Å². The molecule has 1 aliphatic carbocycles. The average Bonchev–Trinajstić information content (AvgIpc) is 2.91. The molecule has 15 heteroatoms. The molecule has 1 unspecified atom stereocenters. The summed E-state index contributed by atoms with van der Waals surface area (Å²) < 4.78 is 18.1. The van der Waals surface area contributed by atoms with Crippen molar-refractivity contribution in [2.24, 2.45) is 28.9 Å². The van der Waals surface area contributed by atoms with Crippen molar-refractivity contribution in [1.82, 2.24) is 16.0 Å². The number of likely N-dealkylation sites (N-methyl/N-ethyl adjacent to an activating group) is 1. The van der Waals surface area contributed by atoms with Crippen LogP contribution in [0.1, 0.15) is 32.6 Å². The highest BCUT2D eigenvalue weighted by Crippen LogP contribution is 2.36. The summed E-state index contributed by atoms with van der Waals surface area (Å²) in [5.74, 6) is -0.711. The third-order valence-electron chi connectivity index (χ3n) is 8.21. The molecule has 0 spiro atoms. The van der Waals surface area contributed by atoms with Gasteiger partial charge in [0, 0.05) is 18.0 Å². The number of nitrogens with one attached hydrogen (secondary N) is 3. The molecule has 0 aromatic carbocycles. The molecule has 15 nitrogen and oxygen atoms in total. The van der Waals surface area contributed by atoms with Crippen molar-refractivity contribution in [3.8, 4) is 0 Å². The second-order valence-electron chi connectivity index (χ2n) is 11.5. The zero-order valence-electron chi connectivity index (χ0n) is 24.0. The average molecular weight is 590 g/mol. The van der Waals surface area contributed by atoms with Crippen molar-refractivity contribution < 1.29 is 39.4 Å². The summed E-state index contributed by atoms with van der Waals surface area (Å²) in [6.45, 7) is 3.23. The molecule has 0 aromatic rings. The molecule has 2 fully saturated rings. The molecule has 2 aliphatic heterocycles. The second-order valence-corrected chi connectivity index (χ2v) is 11.5. The van der Waals surface area contributed by atoms with Crippen molar-refractivity contribution in [2.75, 3.05) is 39.8 Å². The van der Waals surface area contributed by atoms with Crippen LogP contribution in [0.4, 0.5) is 0 Å². The Labute approximate surface area is 241 Å². The second kappa shape index (κ2) is 15.3. The van der Waals surface area contributed by atoms with Crippen molar-refractivity contribution in [2.45, 2.75) is 99.2 Å². The molecule has 0 radical (unpaired) electrons. The zero-order chi connectivity index (χ0) is 30.3. The van der Waals surface area contributed by atoms with Gasteiger partial charge in [-0.2, -0.15) is 0 Å². The Hall–Kier alpha value is -1.47. The highest BCUT2D eigenvalue weighted by molar-refractivity contribution is 5.80. The van der Waals surface area contributed by atoms with Crippen LogP contribution in [-0.2, 0) is 19.0 Å². The van der Waals surface area contributed by atoms with Crippen LogP contribution in [0.25, 0.3) is 0 Å². The van der Waals surface area contributed by atoms with E-state index in [0.717, 1.165) is 13.0 Å². The number of aliphatic hydroxyl groups is 4. The predicted octanol–water partition coefficient (Wildman–Crippen LogP) is -4.73. The van der Waals surface area contributed by atoms with Gasteiger partial charge in [0.05, 0.1) is 31.3 Å². The fourth-order valence-electron chi connectivity index (χ4n) is 5.97. The maximum atomic E-state index is 12.7. The minimum atomic E-state index is -1.38. The van der Waals surface area contributed by atoms with Crippen molar-refractivity contribution in [1.29, 1.82) is 0 Å². The van der Waals surface area contributed by atoms with Gasteiger partial charge < -0.3 is 73.5 Å². The Balaban J connectivity index is 1.83. The van der Waals surface area contributed by atoms with Crippen LogP contribution in [-0.4, -0.2) is 133 Å². The lowest BCUT2D eigenvalue weighted by Gasteiger charge is -2.50. The van der Waals surface area contributed by atoms with Crippen molar-refractivity contribution >= 4 is 5.91 Å². The van der Waals surface area contributed by atoms with Crippen LogP contribution in [0, 0.1) is 5.92 Å². The molecule has 15 N–H and O–H groups in total. The van der Waals surface area contributed by atoms with Gasteiger partial charge >= 0.3 is 0 Å². The smallest absolute Gasteiger partial charge is 0.249 e. The monoisotopic (exact) mass is 589 g/mol. The molecule has 0 bridgehead atoms. The van der Waals surface area contributed by atoms with Gasteiger partial charge in [0.2, 0.25) is 5.91 Å². The van der Waals surface area contributed by atoms with E-state index in [2.05, 4.69) is 16.0 Å². The third-order valence-corrected chi connectivity index (χ3v) is 8.21. The zero-order valence-corrected chi connectivity index (χ0v) is 24.0. The Bertz CT molecular complexity index is 868. The molecule has 1 amide bonds. The first kappa shape index (κ1) is 34.0. The summed E-state index contributed by atoms with van der Waals surface area (Å²) in [5, 5.41) is 52.4. The lowest BCUT2D eigenvalue weighted by molar-refractivity contribution is -0.297. The van der Waals surface area contributed by atoms with Crippen LogP contribution < -0.4 is 38.9 Å². The first-order chi connectivity index (χ1) is 19.4. The van der Waals surface area contributed by atoms with Crippen LogP contribution in [0.2, 0.25) is 0 Å². The summed E-state index contributed by atoms with van der Waals surface area (Å²) in [4.78, 5) is 12.7. The third kappa shape index (κ3) is 8.34. The molecule has 2 heterocycles. The Morgan fingerprint density at radius 2 is 1.95 bits per heavy atom. The van der Waals surface area contributed by atoms with E-state index in [-0.39, 0.29) is 26.0 Å². The van der Waals surface area contributed by atoms with Crippen LogP contribution in [0.3, 0.4) is 0 Å². The molecule has 1 saturated carbocycles. The van der Waals surface area contributed by atoms with E-state index in [0.29, 0.717) is 25.3 Å². The van der Waals surface area contributed by atoms with Gasteiger partial charge in [0.1, 0.15) is 35.8 Å². The summed E-state index contributed by atoms with van der Waals surface area (Å²) >= 11 is 0. The first-order valence-corrected chi connectivity index (χ1v) is 14.4. The minimum absolute atomic E-state index is 0.0455. The molecule has 3 rings (SSSR count). The number of nitrogens with two attached hydrogens (primary N) is 4. The SMILES string of the molecule is CN[C@@H]1[C@@H](O)[C@@H](O[C@H]2[C@H](NC(=O)[C@@H](O)CCN)C[C@H](N)C([C@H]3OC(CNCCCN)=CC[C@H]3N)[C@@H]2O)OC[C@]1(C)O. The summed E-state index contributed by atoms with van der Waals surface area (Å²) in [7, 11) is 1.59. The lowest BCUT2D eigenvalue weighted by Crippen LogP contribution is -2.69. The van der Waals surface area contributed by atoms with Gasteiger partial charge in [-0.15, -0.1) is 0 Å². The van der Waals surface area contributed by atoms with E-state index in [9.17, 15) is 25.2 Å². The number of hydrogen-bond donors (Lipinski definition) is 11. The number of hydrogen-bond acceptors (Lipinski definition) is 14. The number of aliphatic hydroxyl groups excluding tert-OH is 3. The highest BCUT2D eigenvalue weighted by Gasteiger charge is 2.53. The number of carbonyl (C=O) groups excluding carboxylic acids is 1. The van der Waals surface area contributed by atoms with Crippen molar-refractivity contribution in [3.05, 3.63) is 11.8 Å². The summed E-state index contributed by atoms with van der Waals surface area (Å²) in [5.41, 5.74) is 22.7. The van der Waals surface area contributed by atoms with Crippen LogP contribution in [0.15, 0.2) is 11.8 Å². The fraction of sp³-hybridized carbons (Fsp3) is 0.885. The molecular formula is C26H51N7O8. The molecule has 0 aromatic heterocycles. The minimum Gasteiger partial charge on any atom is -0.492 e. The number of rotatable bonds is 13. The predicted molar refractivity (Wildman–Crippen MR) is 150 cm³/mol. The summed E-state index contributed by atoms with van der Waals surface area (Å²) in [6.07, 6.45) is -3.58. The van der Waals surface area contributed by atoms with E-state index < -0.39 is 78.4 Å². The quantitative estimate of drug-likeness (QED) is 0.0901. The van der Waals surface area contributed by atoms with E-state index >= 15 is 0 Å². The van der Waals surface area contributed by atoms with Crippen LogP contribution in [0.5, 0.6) is 0 Å². The first-order valence-electron chi connectivity index (χ1n) is 14.4. The number of amides is 1. The topological polar surface area (TPSA) is 266 Å². The Kier molecular flexibility index (Phi) is 12.7. The highest BCUT2D eigenvalue weighted by atomic mass is 16.7. The van der Waals surface area contributed by atoms with E-state index in [1.54, 1.807) is 7.05 Å².